The molecular formula is C14H21NO4S. The third-order valence-corrected chi connectivity index (χ3v) is 4.90. The Hall–Kier alpha value is -1.56. The molecule has 0 spiro atoms. The van der Waals surface area contributed by atoms with Gasteiger partial charge in [-0.2, -0.15) is 0 Å². The van der Waals surface area contributed by atoms with Crippen LogP contribution in [0.3, 0.4) is 0 Å². The number of carbonyl (C=O) groups excluding carboxylic acids is 1. The lowest BCUT2D eigenvalue weighted by atomic mass is 10.0. The Labute approximate surface area is 120 Å². The van der Waals surface area contributed by atoms with E-state index in [1.165, 1.54) is 0 Å². The number of ether oxygens (including phenoxy) is 1. The van der Waals surface area contributed by atoms with Gasteiger partial charge in [0.1, 0.15) is 9.84 Å². The molecule has 6 heteroatoms. The fourth-order valence-corrected chi connectivity index (χ4v) is 2.60. The zero-order valence-corrected chi connectivity index (χ0v) is 12.9. The number of nitrogen functional groups attached to an aromatic ring is 1. The lowest BCUT2D eigenvalue weighted by Crippen LogP contribution is -2.14. The van der Waals surface area contributed by atoms with Gasteiger partial charge in [0, 0.05) is 11.4 Å². The van der Waals surface area contributed by atoms with Gasteiger partial charge in [0.25, 0.3) is 0 Å². The molecule has 20 heavy (non-hydrogen) atoms. The number of rotatable bonds is 6. The van der Waals surface area contributed by atoms with Crippen LogP contribution in [0, 0.1) is 13.8 Å². The maximum atomic E-state index is 11.9. The zero-order valence-electron chi connectivity index (χ0n) is 12.1. The van der Waals surface area contributed by atoms with Crippen molar-refractivity contribution in [3.05, 3.63) is 28.8 Å². The second-order valence-corrected chi connectivity index (χ2v) is 7.22. The number of aryl methyl sites for hydroxylation is 2. The highest BCUT2D eigenvalue weighted by Gasteiger charge is 2.13. The van der Waals surface area contributed by atoms with Crippen molar-refractivity contribution in [2.24, 2.45) is 0 Å². The van der Waals surface area contributed by atoms with Gasteiger partial charge >= 0.3 is 5.97 Å². The lowest BCUT2D eigenvalue weighted by molar-refractivity contribution is 0.0505. The second kappa shape index (κ2) is 6.74. The molecule has 0 aliphatic rings. The standard InChI is InChI=1S/C14H21NO4S/c1-4-20(17,18)7-5-6-19-14(16)12-9-13(15)11(3)8-10(12)2/h8-9H,4-7,15H2,1-3H3. The first-order valence-electron chi connectivity index (χ1n) is 6.51. The van der Waals surface area contributed by atoms with Gasteiger partial charge in [0.15, 0.2) is 0 Å². The van der Waals surface area contributed by atoms with Crippen LogP contribution in [-0.4, -0.2) is 32.5 Å². The van der Waals surface area contributed by atoms with Gasteiger partial charge in [0.05, 0.1) is 17.9 Å². The van der Waals surface area contributed by atoms with E-state index >= 15 is 0 Å². The third kappa shape index (κ3) is 4.52. The molecule has 0 fully saturated rings. The Kier molecular flexibility index (Phi) is 5.56. The van der Waals surface area contributed by atoms with Crippen LogP contribution in [0.2, 0.25) is 0 Å². The molecule has 2 N–H and O–H groups in total. The predicted octanol–water partition coefficient (Wildman–Crippen LogP) is 1.87. The van der Waals surface area contributed by atoms with Gasteiger partial charge in [0.2, 0.25) is 0 Å². The first-order chi connectivity index (χ1) is 9.26. The van der Waals surface area contributed by atoms with Crippen LogP contribution in [0.5, 0.6) is 0 Å². The number of benzene rings is 1. The first-order valence-corrected chi connectivity index (χ1v) is 8.33. The Morgan fingerprint density at radius 3 is 2.50 bits per heavy atom. The molecule has 0 heterocycles. The average Bonchev–Trinajstić information content (AvgIpc) is 2.38. The maximum Gasteiger partial charge on any atom is 0.338 e. The molecule has 112 valence electrons. The minimum Gasteiger partial charge on any atom is -0.462 e. The van der Waals surface area contributed by atoms with Crippen LogP contribution in [0.15, 0.2) is 12.1 Å². The first kappa shape index (κ1) is 16.5. The molecule has 0 aliphatic carbocycles. The van der Waals surface area contributed by atoms with E-state index in [0.29, 0.717) is 17.7 Å². The van der Waals surface area contributed by atoms with Crippen molar-refractivity contribution in [3.63, 3.8) is 0 Å². The molecule has 0 saturated carbocycles. The highest BCUT2D eigenvalue weighted by molar-refractivity contribution is 7.91. The summed E-state index contributed by atoms with van der Waals surface area (Å²) in [6.07, 6.45) is 0.308. The summed E-state index contributed by atoms with van der Waals surface area (Å²) in [7, 11) is -3.01. The highest BCUT2D eigenvalue weighted by atomic mass is 32.2. The molecule has 0 amide bonds. The normalized spacial score (nSPS) is 11.3. The van der Waals surface area contributed by atoms with Crippen molar-refractivity contribution >= 4 is 21.5 Å². The molecule has 0 unspecified atom stereocenters. The fraction of sp³-hybridized carbons (Fsp3) is 0.500. The largest absolute Gasteiger partial charge is 0.462 e. The Morgan fingerprint density at radius 1 is 1.25 bits per heavy atom. The van der Waals surface area contributed by atoms with Crippen LogP contribution in [0.1, 0.15) is 34.8 Å². The van der Waals surface area contributed by atoms with Crippen molar-refractivity contribution in [2.45, 2.75) is 27.2 Å². The van der Waals surface area contributed by atoms with E-state index in [4.69, 9.17) is 10.5 Å². The predicted molar refractivity (Wildman–Crippen MR) is 79.6 cm³/mol. The van der Waals surface area contributed by atoms with Crippen molar-refractivity contribution in [2.75, 3.05) is 23.8 Å². The monoisotopic (exact) mass is 299 g/mol. The van der Waals surface area contributed by atoms with Gasteiger partial charge in [-0.05, 0) is 37.5 Å². The van der Waals surface area contributed by atoms with Gasteiger partial charge in [-0.1, -0.05) is 13.0 Å². The van der Waals surface area contributed by atoms with Crippen LogP contribution >= 0.6 is 0 Å². The number of carbonyl (C=O) groups is 1. The van der Waals surface area contributed by atoms with Gasteiger partial charge < -0.3 is 10.5 Å². The van der Waals surface area contributed by atoms with E-state index in [2.05, 4.69) is 0 Å². The molecule has 0 saturated heterocycles. The summed E-state index contributed by atoms with van der Waals surface area (Å²) in [5.74, 6) is -0.330. The number of hydrogen-bond acceptors (Lipinski definition) is 5. The Morgan fingerprint density at radius 2 is 1.90 bits per heavy atom. The number of esters is 1. The molecular weight excluding hydrogens is 278 g/mol. The fourth-order valence-electron chi connectivity index (χ4n) is 1.75. The van der Waals surface area contributed by atoms with Gasteiger partial charge in [-0.25, -0.2) is 13.2 Å². The summed E-state index contributed by atoms with van der Waals surface area (Å²) in [4.78, 5) is 11.9. The second-order valence-electron chi connectivity index (χ2n) is 4.75. The van der Waals surface area contributed by atoms with E-state index in [9.17, 15) is 13.2 Å². The number of anilines is 1. The minimum absolute atomic E-state index is 0.0335. The van der Waals surface area contributed by atoms with Crippen LogP contribution in [0.4, 0.5) is 5.69 Å². The SMILES string of the molecule is CCS(=O)(=O)CCCOC(=O)c1cc(N)c(C)cc1C. The Bertz CT molecular complexity index is 593. The number of sulfone groups is 1. The van der Waals surface area contributed by atoms with E-state index in [1.807, 2.05) is 19.9 Å². The van der Waals surface area contributed by atoms with Crippen LogP contribution in [0.25, 0.3) is 0 Å². The molecule has 0 radical (unpaired) electrons. The van der Waals surface area contributed by atoms with Crippen molar-refractivity contribution < 1.29 is 17.9 Å². The van der Waals surface area contributed by atoms with E-state index in [0.717, 1.165) is 11.1 Å². The van der Waals surface area contributed by atoms with E-state index < -0.39 is 15.8 Å². The summed E-state index contributed by atoms with van der Waals surface area (Å²) in [6.45, 7) is 5.36. The van der Waals surface area contributed by atoms with Gasteiger partial charge in [-0.15, -0.1) is 0 Å². The summed E-state index contributed by atoms with van der Waals surface area (Å²) in [5, 5.41) is 0. The van der Waals surface area contributed by atoms with Crippen molar-refractivity contribution in [1.82, 2.24) is 0 Å². The maximum absolute atomic E-state index is 11.9. The van der Waals surface area contributed by atoms with E-state index in [-0.39, 0.29) is 18.1 Å². The number of nitrogens with two attached hydrogens (primary N) is 1. The zero-order chi connectivity index (χ0) is 15.3. The lowest BCUT2D eigenvalue weighted by Gasteiger charge is -2.09. The third-order valence-electron chi connectivity index (χ3n) is 3.11. The Balaban J connectivity index is 2.58. The number of hydrogen-bond donors (Lipinski definition) is 1. The molecule has 0 aromatic heterocycles. The topological polar surface area (TPSA) is 86.5 Å². The molecule has 1 rings (SSSR count). The molecule has 0 aliphatic heterocycles. The van der Waals surface area contributed by atoms with Crippen LogP contribution in [-0.2, 0) is 14.6 Å². The quantitative estimate of drug-likeness (QED) is 0.492. The minimum atomic E-state index is -3.01. The molecule has 0 bridgehead atoms. The molecule has 1 aromatic carbocycles. The smallest absolute Gasteiger partial charge is 0.338 e. The summed E-state index contributed by atoms with van der Waals surface area (Å²) >= 11 is 0. The van der Waals surface area contributed by atoms with Crippen molar-refractivity contribution in [3.8, 4) is 0 Å². The average molecular weight is 299 g/mol. The summed E-state index contributed by atoms with van der Waals surface area (Å²) in [6, 6.07) is 3.42. The van der Waals surface area contributed by atoms with Gasteiger partial charge in [-0.3, -0.25) is 0 Å². The molecule has 5 nitrogen and oxygen atoms in total. The molecule has 0 atom stereocenters. The van der Waals surface area contributed by atoms with Crippen LogP contribution < -0.4 is 5.73 Å². The molecule has 1 aromatic rings. The highest BCUT2D eigenvalue weighted by Crippen LogP contribution is 2.18. The van der Waals surface area contributed by atoms with Crippen molar-refractivity contribution in [1.29, 1.82) is 0 Å². The van der Waals surface area contributed by atoms with E-state index in [1.54, 1.807) is 13.0 Å². The summed E-state index contributed by atoms with van der Waals surface area (Å²) in [5.41, 5.74) is 8.44. The summed E-state index contributed by atoms with van der Waals surface area (Å²) < 4.78 is 27.7.